The lowest BCUT2D eigenvalue weighted by Crippen LogP contribution is -2.38. The summed E-state index contributed by atoms with van der Waals surface area (Å²) >= 11 is 0. The maximum atomic E-state index is 6.05. The van der Waals surface area contributed by atoms with Crippen LogP contribution in [-0.2, 0) is 6.54 Å². The predicted octanol–water partition coefficient (Wildman–Crippen LogP) is 2.39. The van der Waals surface area contributed by atoms with Crippen molar-refractivity contribution in [1.82, 2.24) is 4.90 Å². The Morgan fingerprint density at radius 1 is 1.31 bits per heavy atom. The van der Waals surface area contributed by atoms with Crippen molar-refractivity contribution in [2.75, 3.05) is 6.54 Å². The van der Waals surface area contributed by atoms with E-state index in [0.29, 0.717) is 6.04 Å². The van der Waals surface area contributed by atoms with Crippen molar-refractivity contribution in [2.45, 2.75) is 44.8 Å². The maximum Gasteiger partial charge on any atom is 0.0237 e. The van der Waals surface area contributed by atoms with Gasteiger partial charge in [0.1, 0.15) is 0 Å². The second kappa shape index (κ2) is 5.46. The number of hydrogen-bond acceptors (Lipinski definition) is 2. The smallest absolute Gasteiger partial charge is 0.0237 e. The van der Waals surface area contributed by atoms with E-state index in [1.807, 2.05) is 0 Å². The van der Waals surface area contributed by atoms with Gasteiger partial charge >= 0.3 is 0 Å². The molecule has 1 aromatic rings. The molecule has 0 aliphatic heterocycles. The molecule has 2 rings (SSSR count). The van der Waals surface area contributed by atoms with Gasteiger partial charge in [0.25, 0.3) is 0 Å². The molecule has 1 aliphatic carbocycles. The largest absolute Gasteiger partial charge is 0.327 e. The minimum absolute atomic E-state index is 0.323. The lowest BCUT2D eigenvalue weighted by molar-refractivity contribution is 0.236. The molecule has 1 saturated carbocycles. The molecule has 1 aromatic carbocycles. The van der Waals surface area contributed by atoms with E-state index in [4.69, 9.17) is 5.73 Å². The molecule has 0 spiro atoms. The fourth-order valence-corrected chi connectivity index (χ4v) is 2.03. The van der Waals surface area contributed by atoms with E-state index in [2.05, 4.69) is 42.2 Å². The van der Waals surface area contributed by atoms with Crippen LogP contribution in [0.3, 0.4) is 0 Å². The van der Waals surface area contributed by atoms with E-state index >= 15 is 0 Å². The second-order valence-corrected chi connectivity index (χ2v) is 4.81. The molecule has 1 unspecified atom stereocenters. The lowest BCUT2D eigenvalue weighted by atomic mass is 10.1. The van der Waals surface area contributed by atoms with Gasteiger partial charge in [-0.25, -0.2) is 0 Å². The molecule has 16 heavy (non-hydrogen) atoms. The van der Waals surface area contributed by atoms with Gasteiger partial charge in [0, 0.05) is 25.2 Å². The van der Waals surface area contributed by atoms with Gasteiger partial charge in [0.15, 0.2) is 0 Å². The third kappa shape index (κ3) is 3.32. The molecule has 2 N–H and O–H groups in total. The number of hydrogen-bond donors (Lipinski definition) is 1. The molecule has 1 atom stereocenters. The monoisotopic (exact) mass is 218 g/mol. The van der Waals surface area contributed by atoms with Crippen LogP contribution in [0, 0.1) is 0 Å². The molecule has 0 amide bonds. The highest BCUT2D eigenvalue weighted by Gasteiger charge is 2.29. The topological polar surface area (TPSA) is 29.3 Å². The van der Waals surface area contributed by atoms with Gasteiger partial charge in [0.05, 0.1) is 0 Å². The van der Waals surface area contributed by atoms with Crippen LogP contribution in [0.15, 0.2) is 30.3 Å². The molecule has 0 radical (unpaired) electrons. The third-order valence-electron chi connectivity index (χ3n) is 3.29. The predicted molar refractivity (Wildman–Crippen MR) is 68.1 cm³/mol. The summed E-state index contributed by atoms with van der Waals surface area (Å²) in [6, 6.07) is 11.8. The number of nitrogens with zero attached hydrogens (tertiary/aromatic N) is 1. The zero-order valence-electron chi connectivity index (χ0n) is 10.1. The van der Waals surface area contributed by atoms with E-state index in [1.165, 1.54) is 18.4 Å². The molecule has 0 aromatic heterocycles. The molecule has 2 heteroatoms. The first kappa shape index (κ1) is 11.6. The Balaban J connectivity index is 1.92. The third-order valence-corrected chi connectivity index (χ3v) is 3.29. The Bertz CT molecular complexity index is 306. The van der Waals surface area contributed by atoms with E-state index in [-0.39, 0.29) is 0 Å². The number of benzene rings is 1. The van der Waals surface area contributed by atoms with E-state index in [0.717, 1.165) is 25.6 Å². The van der Waals surface area contributed by atoms with Crippen molar-refractivity contribution >= 4 is 0 Å². The zero-order valence-corrected chi connectivity index (χ0v) is 10.1. The van der Waals surface area contributed by atoms with Crippen LogP contribution in [0.4, 0.5) is 0 Å². The maximum absolute atomic E-state index is 6.05. The molecule has 0 bridgehead atoms. The normalized spacial score (nSPS) is 17.7. The van der Waals surface area contributed by atoms with Gasteiger partial charge in [0.2, 0.25) is 0 Å². The van der Waals surface area contributed by atoms with Crippen molar-refractivity contribution in [3.63, 3.8) is 0 Å². The minimum Gasteiger partial charge on any atom is -0.327 e. The Kier molecular flexibility index (Phi) is 3.97. The van der Waals surface area contributed by atoms with E-state index in [1.54, 1.807) is 0 Å². The summed E-state index contributed by atoms with van der Waals surface area (Å²) in [6.45, 7) is 4.26. The summed E-state index contributed by atoms with van der Waals surface area (Å²) in [5, 5.41) is 0. The van der Waals surface area contributed by atoms with Crippen LogP contribution in [0.5, 0.6) is 0 Å². The van der Waals surface area contributed by atoms with Gasteiger partial charge < -0.3 is 5.73 Å². The van der Waals surface area contributed by atoms with Gasteiger partial charge in [-0.2, -0.15) is 0 Å². The van der Waals surface area contributed by atoms with E-state index < -0.39 is 0 Å². The van der Waals surface area contributed by atoms with Crippen LogP contribution in [-0.4, -0.2) is 23.5 Å². The number of rotatable bonds is 6. The molecule has 1 aliphatic rings. The fourth-order valence-electron chi connectivity index (χ4n) is 2.03. The van der Waals surface area contributed by atoms with Crippen molar-refractivity contribution in [3.05, 3.63) is 35.9 Å². The molecular weight excluding hydrogens is 196 g/mol. The molecule has 2 nitrogen and oxygen atoms in total. The highest BCUT2D eigenvalue weighted by molar-refractivity contribution is 5.15. The Morgan fingerprint density at radius 3 is 2.56 bits per heavy atom. The molecule has 88 valence electrons. The first-order valence-corrected chi connectivity index (χ1v) is 6.33. The Hall–Kier alpha value is -0.860. The lowest BCUT2D eigenvalue weighted by Gasteiger charge is -2.25. The van der Waals surface area contributed by atoms with Crippen LogP contribution >= 0.6 is 0 Å². The number of nitrogens with two attached hydrogens (primary N) is 1. The average molecular weight is 218 g/mol. The standard InChI is InChI=1S/C14H22N2/c1-2-13(15)11-16(14-8-9-14)10-12-6-4-3-5-7-12/h3-7,13-14H,2,8-11,15H2,1H3. The van der Waals surface area contributed by atoms with Gasteiger partial charge in [-0.3, -0.25) is 4.90 Å². The van der Waals surface area contributed by atoms with Crippen LogP contribution in [0.2, 0.25) is 0 Å². The van der Waals surface area contributed by atoms with Crippen molar-refractivity contribution < 1.29 is 0 Å². The highest BCUT2D eigenvalue weighted by atomic mass is 15.2. The van der Waals surface area contributed by atoms with Crippen molar-refractivity contribution in [3.8, 4) is 0 Å². The summed E-state index contributed by atoms with van der Waals surface area (Å²) in [5.74, 6) is 0. The average Bonchev–Trinajstić information content (AvgIpc) is 3.13. The van der Waals surface area contributed by atoms with Gasteiger partial charge in [-0.15, -0.1) is 0 Å². The molecule has 0 heterocycles. The zero-order chi connectivity index (χ0) is 11.4. The summed E-state index contributed by atoms with van der Waals surface area (Å²) in [6.07, 6.45) is 3.77. The molecule has 1 fully saturated rings. The molecular formula is C14H22N2. The van der Waals surface area contributed by atoms with Gasteiger partial charge in [-0.05, 0) is 24.8 Å². The quantitative estimate of drug-likeness (QED) is 0.794. The summed E-state index contributed by atoms with van der Waals surface area (Å²) < 4.78 is 0. The summed E-state index contributed by atoms with van der Waals surface area (Å²) in [4.78, 5) is 2.55. The second-order valence-electron chi connectivity index (χ2n) is 4.81. The van der Waals surface area contributed by atoms with Crippen LogP contribution in [0.1, 0.15) is 31.7 Å². The van der Waals surface area contributed by atoms with Gasteiger partial charge in [-0.1, -0.05) is 37.3 Å². The van der Waals surface area contributed by atoms with Crippen LogP contribution < -0.4 is 5.73 Å². The summed E-state index contributed by atoms with van der Waals surface area (Å²) in [7, 11) is 0. The highest BCUT2D eigenvalue weighted by Crippen LogP contribution is 2.28. The SMILES string of the molecule is CCC(N)CN(Cc1ccccc1)C1CC1. The summed E-state index contributed by atoms with van der Waals surface area (Å²) in [5.41, 5.74) is 7.45. The fraction of sp³-hybridized carbons (Fsp3) is 0.571. The Labute approximate surface area is 98.4 Å². The Morgan fingerprint density at radius 2 is 2.00 bits per heavy atom. The first-order valence-electron chi connectivity index (χ1n) is 6.33. The van der Waals surface area contributed by atoms with E-state index in [9.17, 15) is 0 Å². The van der Waals surface area contributed by atoms with Crippen molar-refractivity contribution in [1.29, 1.82) is 0 Å². The minimum atomic E-state index is 0.323. The van der Waals surface area contributed by atoms with Crippen LogP contribution in [0.25, 0.3) is 0 Å². The van der Waals surface area contributed by atoms with Crippen molar-refractivity contribution in [2.24, 2.45) is 5.73 Å². The molecule has 0 saturated heterocycles. The first-order chi connectivity index (χ1) is 7.79.